The number of aromatic nitrogens is 2. The quantitative estimate of drug-likeness (QED) is 0.796. The predicted octanol–water partition coefficient (Wildman–Crippen LogP) is 2.51. The molecule has 0 spiro atoms. The summed E-state index contributed by atoms with van der Waals surface area (Å²) in [5, 5.41) is 16.7. The Morgan fingerprint density at radius 1 is 1.27 bits per heavy atom. The standard InChI is InChI=1S/C17H17ClN4O3S/c1-9(23)22-13(10-4-6-11(18)7-5-10)8-12(19-22)14-15(24)20(2)17(26)21(3)16(14)25/h4-7,13,24H,8H2,1-3H3/t13-/m1/s1. The number of hydrogen-bond donors (Lipinski definition) is 1. The monoisotopic (exact) mass is 392 g/mol. The molecule has 9 heteroatoms. The van der Waals surface area contributed by atoms with Crippen LogP contribution < -0.4 is 5.56 Å². The molecule has 1 aliphatic rings. The third kappa shape index (κ3) is 2.95. The van der Waals surface area contributed by atoms with Gasteiger partial charge in [-0.1, -0.05) is 23.7 Å². The fourth-order valence-corrected chi connectivity index (χ4v) is 3.28. The maximum absolute atomic E-state index is 12.6. The van der Waals surface area contributed by atoms with Gasteiger partial charge in [-0.3, -0.25) is 18.7 Å². The Morgan fingerprint density at radius 3 is 2.46 bits per heavy atom. The van der Waals surface area contributed by atoms with Gasteiger partial charge in [0.15, 0.2) is 4.77 Å². The van der Waals surface area contributed by atoms with E-state index >= 15 is 0 Å². The van der Waals surface area contributed by atoms with E-state index in [9.17, 15) is 14.7 Å². The van der Waals surface area contributed by atoms with Crippen LogP contribution in [0, 0.1) is 4.77 Å². The van der Waals surface area contributed by atoms with Gasteiger partial charge in [-0.2, -0.15) is 5.10 Å². The first kappa shape index (κ1) is 18.3. The first-order valence-corrected chi connectivity index (χ1v) is 8.63. The van der Waals surface area contributed by atoms with Gasteiger partial charge in [0.2, 0.25) is 11.8 Å². The average Bonchev–Trinajstić information content (AvgIpc) is 3.04. The summed E-state index contributed by atoms with van der Waals surface area (Å²) in [6, 6.07) is 6.71. The molecule has 136 valence electrons. The average molecular weight is 393 g/mol. The molecular formula is C17H17ClN4O3S. The van der Waals surface area contributed by atoms with Crippen LogP contribution in [0.3, 0.4) is 0 Å². The Balaban J connectivity index is 2.12. The Hall–Kier alpha value is -2.45. The molecule has 0 saturated heterocycles. The van der Waals surface area contributed by atoms with Crippen molar-refractivity contribution < 1.29 is 9.90 Å². The van der Waals surface area contributed by atoms with Crippen LogP contribution in [0.4, 0.5) is 0 Å². The lowest BCUT2D eigenvalue weighted by Crippen LogP contribution is -2.28. The fraction of sp³-hybridized carbons (Fsp3) is 0.294. The van der Waals surface area contributed by atoms with Gasteiger partial charge in [0.05, 0.1) is 11.8 Å². The van der Waals surface area contributed by atoms with Gasteiger partial charge < -0.3 is 5.11 Å². The molecule has 0 bridgehead atoms. The molecule has 0 saturated carbocycles. The molecule has 0 unspecified atom stereocenters. The lowest BCUT2D eigenvalue weighted by Gasteiger charge is -2.20. The van der Waals surface area contributed by atoms with Crippen LogP contribution in [-0.2, 0) is 18.9 Å². The number of hydrogen-bond acceptors (Lipinski definition) is 5. The zero-order valence-corrected chi connectivity index (χ0v) is 16.0. The van der Waals surface area contributed by atoms with Crippen LogP contribution in [0.15, 0.2) is 34.2 Å². The Labute approximate surface area is 159 Å². The van der Waals surface area contributed by atoms with Crippen LogP contribution in [-0.4, -0.2) is 30.9 Å². The van der Waals surface area contributed by atoms with E-state index in [0.717, 1.165) is 5.56 Å². The van der Waals surface area contributed by atoms with Gasteiger partial charge in [-0.15, -0.1) is 0 Å². The second-order valence-corrected chi connectivity index (χ2v) is 6.89. The summed E-state index contributed by atoms with van der Waals surface area (Å²) >= 11 is 11.1. The highest BCUT2D eigenvalue weighted by molar-refractivity contribution is 7.71. The van der Waals surface area contributed by atoms with Gasteiger partial charge in [0, 0.05) is 32.5 Å². The molecule has 0 radical (unpaired) electrons. The minimum absolute atomic E-state index is 0.0475. The van der Waals surface area contributed by atoms with Crippen LogP contribution in [0.2, 0.25) is 5.02 Å². The molecule has 3 rings (SSSR count). The van der Waals surface area contributed by atoms with Crippen molar-refractivity contribution in [2.45, 2.75) is 19.4 Å². The molecule has 1 atom stereocenters. The number of halogens is 1. The van der Waals surface area contributed by atoms with Gasteiger partial charge >= 0.3 is 0 Å². The third-order valence-corrected chi connectivity index (χ3v) is 5.21. The number of carbonyl (C=O) groups excluding carboxylic acids is 1. The SMILES string of the molecule is CC(=O)N1N=C(c2c(O)n(C)c(=S)n(C)c2=O)C[C@@H]1c1ccc(Cl)cc1. The van der Waals surface area contributed by atoms with Gasteiger partial charge in [0.1, 0.15) is 5.56 Å². The van der Waals surface area contributed by atoms with Crippen molar-refractivity contribution in [2.24, 2.45) is 19.2 Å². The summed E-state index contributed by atoms with van der Waals surface area (Å²) < 4.78 is 2.79. The lowest BCUT2D eigenvalue weighted by molar-refractivity contribution is -0.130. The van der Waals surface area contributed by atoms with Crippen molar-refractivity contribution in [2.75, 3.05) is 0 Å². The molecule has 7 nitrogen and oxygen atoms in total. The molecule has 1 amide bonds. The smallest absolute Gasteiger partial charge is 0.267 e. The summed E-state index contributed by atoms with van der Waals surface area (Å²) in [5.41, 5.74) is 0.767. The second kappa shape index (κ2) is 6.69. The number of benzene rings is 1. The molecule has 0 aliphatic carbocycles. The van der Waals surface area contributed by atoms with Crippen molar-refractivity contribution in [3.63, 3.8) is 0 Å². The van der Waals surface area contributed by atoms with E-state index in [0.29, 0.717) is 17.2 Å². The van der Waals surface area contributed by atoms with Crippen LogP contribution in [0.25, 0.3) is 0 Å². The molecule has 1 N–H and O–H groups in total. The predicted molar refractivity (Wildman–Crippen MR) is 101 cm³/mol. The normalized spacial score (nSPS) is 16.7. The molecule has 2 heterocycles. The minimum Gasteiger partial charge on any atom is -0.494 e. The van der Waals surface area contributed by atoms with E-state index in [-0.39, 0.29) is 28.2 Å². The molecule has 1 aromatic heterocycles. The van der Waals surface area contributed by atoms with E-state index in [1.54, 1.807) is 19.2 Å². The van der Waals surface area contributed by atoms with Gasteiger partial charge in [-0.05, 0) is 29.9 Å². The number of hydrazone groups is 1. The molecule has 0 fully saturated rings. The second-order valence-electron chi connectivity index (χ2n) is 6.09. The minimum atomic E-state index is -0.454. The highest BCUT2D eigenvalue weighted by Crippen LogP contribution is 2.34. The zero-order chi connectivity index (χ0) is 19.2. The molecule has 2 aromatic rings. The third-order valence-electron chi connectivity index (χ3n) is 4.41. The van der Waals surface area contributed by atoms with Crippen LogP contribution in [0.5, 0.6) is 5.88 Å². The fourth-order valence-electron chi connectivity index (χ4n) is 2.98. The Bertz CT molecular complexity index is 1040. The lowest BCUT2D eigenvalue weighted by atomic mass is 9.99. The number of amides is 1. The number of nitrogens with zero attached hydrogens (tertiary/aromatic N) is 4. The Morgan fingerprint density at radius 2 is 1.88 bits per heavy atom. The van der Waals surface area contributed by atoms with Crippen LogP contribution >= 0.6 is 23.8 Å². The topological polar surface area (TPSA) is 79.8 Å². The van der Waals surface area contributed by atoms with Crippen molar-refractivity contribution in [3.8, 4) is 5.88 Å². The summed E-state index contributed by atoms with van der Waals surface area (Å²) in [4.78, 5) is 24.7. The van der Waals surface area contributed by atoms with Crippen molar-refractivity contribution in [3.05, 3.63) is 55.5 Å². The first-order valence-electron chi connectivity index (χ1n) is 7.84. The van der Waals surface area contributed by atoms with E-state index in [2.05, 4.69) is 5.10 Å². The highest BCUT2D eigenvalue weighted by Gasteiger charge is 2.34. The number of carbonyl (C=O) groups is 1. The number of aromatic hydroxyl groups is 1. The summed E-state index contributed by atoms with van der Waals surface area (Å²) in [5.74, 6) is -0.530. The van der Waals surface area contributed by atoms with E-state index in [1.165, 1.54) is 28.1 Å². The van der Waals surface area contributed by atoms with Gasteiger partial charge in [0.25, 0.3) is 5.56 Å². The maximum atomic E-state index is 12.6. The summed E-state index contributed by atoms with van der Waals surface area (Å²) in [7, 11) is 3.10. The summed E-state index contributed by atoms with van der Waals surface area (Å²) in [6.45, 7) is 1.40. The summed E-state index contributed by atoms with van der Waals surface area (Å²) in [6.07, 6.45) is 0.292. The zero-order valence-electron chi connectivity index (χ0n) is 14.4. The largest absolute Gasteiger partial charge is 0.494 e. The molecule has 1 aromatic carbocycles. The number of rotatable bonds is 2. The molecular weight excluding hydrogens is 376 g/mol. The molecule has 26 heavy (non-hydrogen) atoms. The van der Waals surface area contributed by atoms with E-state index < -0.39 is 5.56 Å². The Kier molecular flexibility index (Phi) is 4.72. The van der Waals surface area contributed by atoms with E-state index in [4.69, 9.17) is 23.8 Å². The van der Waals surface area contributed by atoms with Crippen LogP contribution in [0.1, 0.15) is 30.5 Å². The van der Waals surface area contributed by atoms with Crippen molar-refractivity contribution >= 4 is 35.4 Å². The first-order chi connectivity index (χ1) is 12.2. The van der Waals surface area contributed by atoms with Crippen molar-refractivity contribution in [1.29, 1.82) is 0 Å². The maximum Gasteiger partial charge on any atom is 0.267 e. The van der Waals surface area contributed by atoms with E-state index in [1.807, 2.05) is 12.1 Å². The highest BCUT2D eigenvalue weighted by atomic mass is 35.5. The molecule has 1 aliphatic heterocycles. The van der Waals surface area contributed by atoms with Crippen molar-refractivity contribution in [1.82, 2.24) is 14.1 Å². The van der Waals surface area contributed by atoms with Gasteiger partial charge in [-0.25, -0.2) is 5.01 Å².